The third-order valence-electron chi connectivity index (χ3n) is 12.8. The van der Waals surface area contributed by atoms with E-state index in [1.54, 1.807) is 48.9 Å². The molecule has 11 heteroatoms. The van der Waals surface area contributed by atoms with Crippen LogP contribution >= 0.6 is 23.5 Å². The Bertz CT molecular complexity index is 2550. The van der Waals surface area contributed by atoms with E-state index >= 15 is 0 Å². The molecule has 0 bridgehead atoms. The Morgan fingerprint density at radius 2 is 1.09 bits per heavy atom. The third kappa shape index (κ3) is 15.3. The van der Waals surface area contributed by atoms with Crippen molar-refractivity contribution in [3.8, 4) is 23.0 Å². The van der Waals surface area contributed by atoms with Gasteiger partial charge in [-0.3, -0.25) is 4.55 Å². The van der Waals surface area contributed by atoms with Gasteiger partial charge in [-0.2, -0.15) is 8.42 Å². The lowest BCUT2D eigenvalue weighted by Gasteiger charge is -2.42. The summed E-state index contributed by atoms with van der Waals surface area (Å²) >= 11 is 3.37. The SMILES string of the molecule is C=C/C(=C\C=C(/CCS(=O)(=O)O)OC(C)(C)C(C)(C)C)Oc1ccc(Sc2ccc(C(C)(C)C(C)(C)Oc3ccc(Oc4ccc(Sc5ccc(C(C)C(C)OC)cc5)cc4)cc3)cc2)cc1. The number of hydrogen-bond acceptors (Lipinski definition) is 9. The summed E-state index contributed by atoms with van der Waals surface area (Å²) < 4.78 is 63.2. The Kier molecular flexibility index (Phi) is 17.8. The van der Waals surface area contributed by atoms with Crippen molar-refractivity contribution in [3.63, 3.8) is 0 Å². The van der Waals surface area contributed by atoms with E-state index in [-0.39, 0.29) is 23.4 Å². The van der Waals surface area contributed by atoms with Crippen molar-refractivity contribution in [1.82, 2.24) is 0 Å². The topological polar surface area (TPSA) is 101 Å². The van der Waals surface area contributed by atoms with Crippen molar-refractivity contribution in [1.29, 1.82) is 0 Å². The fourth-order valence-electron chi connectivity index (χ4n) is 6.49. The minimum Gasteiger partial charge on any atom is -0.492 e. The summed E-state index contributed by atoms with van der Waals surface area (Å²) in [4.78, 5) is 4.46. The summed E-state index contributed by atoms with van der Waals surface area (Å²) in [6.45, 7) is 26.8. The number of methoxy groups -OCH3 is 1. The van der Waals surface area contributed by atoms with Gasteiger partial charge in [0.25, 0.3) is 10.1 Å². The maximum absolute atomic E-state index is 11.5. The number of ether oxygens (including phenoxy) is 5. The highest BCUT2D eigenvalue weighted by molar-refractivity contribution is 7.99. The second kappa shape index (κ2) is 22.5. The van der Waals surface area contributed by atoms with E-state index in [0.29, 0.717) is 23.2 Å². The summed E-state index contributed by atoms with van der Waals surface area (Å²) in [7, 11) is -2.42. The normalized spacial score (nSPS) is 14.0. The molecule has 0 radical (unpaired) electrons. The van der Waals surface area contributed by atoms with Gasteiger partial charge in [0, 0.05) is 49.9 Å². The average Bonchev–Trinajstić information content (AvgIpc) is 3.27. The van der Waals surface area contributed by atoms with Gasteiger partial charge in [0.15, 0.2) is 0 Å². The maximum Gasteiger partial charge on any atom is 0.265 e. The first-order valence-corrected chi connectivity index (χ1v) is 25.7. The van der Waals surface area contributed by atoms with Gasteiger partial charge < -0.3 is 23.7 Å². The van der Waals surface area contributed by atoms with Crippen LogP contribution in [0.25, 0.3) is 0 Å². The van der Waals surface area contributed by atoms with Crippen LogP contribution in [-0.4, -0.2) is 43.1 Å². The summed E-state index contributed by atoms with van der Waals surface area (Å²) in [6, 6.07) is 41.0. The Hall–Kier alpha value is -4.91. The summed E-state index contributed by atoms with van der Waals surface area (Å²) in [5.41, 5.74) is 0.670. The Labute approximate surface area is 409 Å². The monoisotopic (exact) mass is 964 g/mol. The highest BCUT2D eigenvalue weighted by Crippen LogP contribution is 2.41. The molecule has 1 N–H and O–H groups in total. The summed E-state index contributed by atoms with van der Waals surface area (Å²) in [5, 5.41) is 0. The van der Waals surface area contributed by atoms with Crippen LogP contribution in [0.5, 0.6) is 23.0 Å². The zero-order valence-electron chi connectivity index (χ0n) is 41.1. The van der Waals surface area contributed by atoms with Gasteiger partial charge in [0.2, 0.25) is 0 Å². The van der Waals surface area contributed by atoms with Crippen LogP contribution in [0.3, 0.4) is 0 Å². The molecule has 358 valence electrons. The summed E-state index contributed by atoms with van der Waals surface area (Å²) in [5.74, 6) is 3.60. The lowest BCUT2D eigenvalue weighted by atomic mass is 9.72. The van der Waals surface area contributed by atoms with Gasteiger partial charge >= 0.3 is 0 Å². The molecule has 0 saturated carbocycles. The van der Waals surface area contributed by atoms with E-state index in [4.69, 9.17) is 23.7 Å². The molecule has 5 rings (SSSR count). The van der Waals surface area contributed by atoms with E-state index in [1.165, 1.54) is 10.5 Å². The molecule has 2 atom stereocenters. The maximum atomic E-state index is 11.5. The molecule has 2 unspecified atom stereocenters. The predicted octanol–water partition coefficient (Wildman–Crippen LogP) is 15.5. The second-order valence-corrected chi connectivity index (χ2v) is 23.1. The van der Waals surface area contributed by atoms with Crippen molar-refractivity contribution in [2.45, 2.75) is 131 Å². The largest absolute Gasteiger partial charge is 0.492 e. The quantitative estimate of drug-likeness (QED) is 0.0410. The Morgan fingerprint density at radius 3 is 1.55 bits per heavy atom. The Balaban J connectivity index is 1.15. The molecular weight excluding hydrogens is 897 g/mol. The smallest absolute Gasteiger partial charge is 0.265 e. The molecule has 0 fully saturated rings. The molecule has 5 aromatic rings. The van der Waals surface area contributed by atoms with Crippen molar-refractivity contribution < 1.29 is 36.7 Å². The van der Waals surface area contributed by atoms with Crippen LogP contribution < -0.4 is 14.2 Å². The summed E-state index contributed by atoms with van der Waals surface area (Å²) in [6.07, 6.45) is 5.09. The highest BCUT2D eigenvalue weighted by Gasteiger charge is 2.41. The number of benzene rings is 5. The first-order valence-electron chi connectivity index (χ1n) is 22.5. The molecule has 67 heavy (non-hydrogen) atoms. The lowest BCUT2D eigenvalue weighted by Crippen LogP contribution is -2.47. The minimum atomic E-state index is -4.18. The van der Waals surface area contributed by atoms with E-state index in [9.17, 15) is 13.0 Å². The molecule has 0 amide bonds. The molecule has 0 aliphatic heterocycles. The van der Waals surface area contributed by atoms with Crippen LogP contribution in [-0.2, 0) is 25.0 Å². The second-order valence-electron chi connectivity index (χ2n) is 19.2. The third-order valence-corrected chi connectivity index (χ3v) is 15.5. The number of rotatable bonds is 22. The van der Waals surface area contributed by atoms with Gasteiger partial charge in [-0.05, 0) is 161 Å². The van der Waals surface area contributed by atoms with Crippen molar-refractivity contribution >= 4 is 33.6 Å². The number of allylic oxidation sites excluding steroid dienone is 4. The first-order chi connectivity index (χ1) is 31.4. The molecule has 0 aromatic heterocycles. The number of hydrogen-bond donors (Lipinski definition) is 1. The Morgan fingerprint density at radius 1 is 0.642 bits per heavy atom. The molecule has 0 spiro atoms. The predicted molar refractivity (Wildman–Crippen MR) is 276 cm³/mol. The van der Waals surface area contributed by atoms with Gasteiger partial charge in [0.05, 0.1) is 17.6 Å². The van der Waals surface area contributed by atoms with Gasteiger partial charge in [-0.15, -0.1) is 0 Å². The van der Waals surface area contributed by atoms with Crippen molar-refractivity contribution in [3.05, 3.63) is 169 Å². The van der Waals surface area contributed by atoms with Crippen LogP contribution in [0.15, 0.2) is 177 Å². The van der Waals surface area contributed by atoms with E-state index < -0.39 is 27.1 Å². The zero-order valence-corrected chi connectivity index (χ0v) is 43.5. The fraction of sp³-hybridized carbons (Fsp3) is 0.357. The molecule has 0 heterocycles. The average molecular weight is 965 g/mol. The van der Waals surface area contributed by atoms with Crippen LogP contribution in [0, 0.1) is 5.41 Å². The van der Waals surface area contributed by atoms with Gasteiger partial charge in [-0.1, -0.05) is 95.9 Å². The minimum absolute atomic E-state index is 0.00457. The van der Waals surface area contributed by atoms with Crippen molar-refractivity contribution in [2.75, 3.05) is 12.9 Å². The van der Waals surface area contributed by atoms with Crippen LogP contribution in [0.1, 0.15) is 99.6 Å². The van der Waals surface area contributed by atoms with E-state index in [1.807, 2.05) is 95.3 Å². The highest BCUT2D eigenvalue weighted by atomic mass is 32.2. The molecule has 0 saturated heterocycles. The molecule has 0 aliphatic carbocycles. The standard InChI is InChI=1S/C56H68O8S3/c1-14-43(19-22-48(37-38-67(57,58)59)63-55(9,10)53(4,5)6)61-45-25-33-52(34-26-45)66-50-31-17-42(18-32-50)54(7,8)56(11,12)64-47-23-20-44(21-24-47)62-46-27-35-51(36-28-46)65-49-29-15-41(16-30-49)39(2)40(3)60-13/h14-36,39-40H,1,37-38H2,2-13H3,(H,57,58,59)/b43-19+,48-22+. The van der Waals surface area contributed by atoms with Gasteiger partial charge in [-0.25, -0.2) is 0 Å². The van der Waals surface area contributed by atoms with Crippen molar-refractivity contribution in [2.24, 2.45) is 5.41 Å². The van der Waals surface area contributed by atoms with Crippen LogP contribution in [0.4, 0.5) is 0 Å². The fourth-order valence-corrected chi connectivity index (χ4v) is 8.59. The first kappa shape index (κ1) is 53.1. The van der Waals surface area contributed by atoms with Gasteiger partial charge in [0.1, 0.15) is 40.0 Å². The molecule has 8 nitrogen and oxygen atoms in total. The van der Waals surface area contributed by atoms with E-state index in [0.717, 1.165) is 37.5 Å². The van der Waals surface area contributed by atoms with Crippen LogP contribution in [0.2, 0.25) is 0 Å². The molecule has 0 aliphatic rings. The van der Waals surface area contributed by atoms with E-state index in [2.05, 4.69) is 109 Å². The molecule has 5 aromatic carbocycles. The zero-order chi connectivity index (χ0) is 49.2. The molecular formula is C56H68O8S3. The lowest BCUT2D eigenvalue weighted by molar-refractivity contribution is -0.0547.